The molecule has 0 radical (unpaired) electrons. The fourth-order valence-electron chi connectivity index (χ4n) is 3.31. The third-order valence-electron chi connectivity index (χ3n) is 4.35. The molecule has 2 fully saturated rings. The van der Waals surface area contributed by atoms with E-state index >= 15 is 0 Å². The summed E-state index contributed by atoms with van der Waals surface area (Å²) < 4.78 is 0. The number of hydrogen-bond donors (Lipinski definition) is 1. The Balaban J connectivity index is 1.63. The van der Waals surface area contributed by atoms with Crippen molar-refractivity contribution in [2.75, 3.05) is 13.1 Å². The molecule has 4 heteroatoms. The highest BCUT2D eigenvalue weighted by molar-refractivity contribution is 7.09. The molecule has 1 N–H and O–H groups in total. The van der Waals surface area contributed by atoms with Gasteiger partial charge >= 0.3 is 0 Å². The molecule has 0 aromatic carbocycles. The maximum Gasteiger partial charge on any atom is 0.107 e. The van der Waals surface area contributed by atoms with Crippen LogP contribution in [0.4, 0.5) is 0 Å². The molecule has 2 aliphatic rings. The molecule has 2 heterocycles. The molecule has 1 aliphatic carbocycles. The van der Waals surface area contributed by atoms with Gasteiger partial charge < -0.3 is 5.11 Å². The summed E-state index contributed by atoms with van der Waals surface area (Å²) in [6.45, 7) is 3.03. The molecule has 3 rings (SSSR count). The van der Waals surface area contributed by atoms with E-state index in [1.807, 2.05) is 11.6 Å². The molecule has 1 aliphatic heterocycles. The summed E-state index contributed by atoms with van der Waals surface area (Å²) >= 11 is 1.73. The van der Waals surface area contributed by atoms with Gasteiger partial charge in [0.15, 0.2) is 0 Å². The Morgan fingerprint density at radius 1 is 1.47 bits per heavy atom. The monoisotopic (exact) mass is 252 g/mol. The van der Waals surface area contributed by atoms with Crippen molar-refractivity contribution < 1.29 is 5.11 Å². The molecule has 1 saturated carbocycles. The van der Waals surface area contributed by atoms with Crippen molar-refractivity contribution in [1.82, 2.24) is 9.88 Å². The molecule has 1 aromatic rings. The van der Waals surface area contributed by atoms with Gasteiger partial charge in [0.25, 0.3) is 0 Å². The van der Waals surface area contributed by atoms with Crippen molar-refractivity contribution in [3.63, 3.8) is 0 Å². The van der Waals surface area contributed by atoms with Crippen molar-refractivity contribution in [3.05, 3.63) is 16.6 Å². The van der Waals surface area contributed by atoms with Crippen LogP contribution >= 0.6 is 11.3 Å². The van der Waals surface area contributed by atoms with Crippen LogP contribution in [0.5, 0.6) is 0 Å². The normalized spacial score (nSPS) is 34.5. The summed E-state index contributed by atoms with van der Waals surface area (Å²) in [5.74, 6) is 0.491. The van der Waals surface area contributed by atoms with Gasteiger partial charge in [-0.2, -0.15) is 0 Å². The zero-order valence-electron chi connectivity index (χ0n) is 10.1. The lowest BCUT2D eigenvalue weighted by molar-refractivity contribution is -0.0967. The first-order chi connectivity index (χ1) is 8.26. The molecule has 1 saturated heterocycles. The van der Waals surface area contributed by atoms with Gasteiger partial charge in [0.1, 0.15) is 5.01 Å². The molecule has 1 aromatic heterocycles. The van der Waals surface area contributed by atoms with Crippen molar-refractivity contribution >= 4 is 11.3 Å². The first kappa shape index (κ1) is 11.6. The van der Waals surface area contributed by atoms with E-state index in [1.165, 1.54) is 24.3 Å². The largest absolute Gasteiger partial charge is 0.390 e. The molecule has 0 amide bonds. The Morgan fingerprint density at radius 2 is 2.41 bits per heavy atom. The number of likely N-dealkylation sites (tertiary alicyclic amines) is 1. The van der Waals surface area contributed by atoms with E-state index in [0.717, 1.165) is 32.5 Å². The van der Waals surface area contributed by atoms with Crippen LogP contribution in [0.1, 0.15) is 37.1 Å². The minimum absolute atomic E-state index is 0.350. The van der Waals surface area contributed by atoms with Crippen LogP contribution in [0.3, 0.4) is 0 Å². The van der Waals surface area contributed by atoms with E-state index in [1.54, 1.807) is 11.3 Å². The van der Waals surface area contributed by atoms with Crippen LogP contribution in [-0.2, 0) is 6.54 Å². The highest BCUT2D eigenvalue weighted by Gasteiger charge is 2.42. The standard InChI is InChI=1S/C13H20N2OS/c16-13-4-2-1-3-11(13)9-15(7-5-13)10-12-14-6-8-17-12/h6,8,11,16H,1-5,7,9-10H2/t11-,13-/m0/s1. The summed E-state index contributed by atoms with van der Waals surface area (Å²) in [7, 11) is 0. The third kappa shape index (κ3) is 2.39. The maximum atomic E-state index is 10.6. The minimum Gasteiger partial charge on any atom is -0.390 e. The Hall–Kier alpha value is -0.450. The fourth-order valence-corrected chi connectivity index (χ4v) is 3.96. The molecule has 94 valence electrons. The van der Waals surface area contributed by atoms with E-state index in [-0.39, 0.29) is 5.60 Å². The van der Waals surface area contributed by atoms with E-state index in [0.29, 0.717) is 5.92 Å². The Bertz CT molecular complexity index is 368. The quantitative estimate of drug-likeness (QED) is 0.877. The van der Waals surface area contributed by atoms with Crippen molar-refractivity contribution in [1.29, 1.82) is 0 Å². The van der Waals surface area contributed by atoms with Crippen molar-refractivity contribution in [3.8, 4) is 0 Å². The lowest BCUT2D eigenvalue weighted by atomic mass is 9.71. The third-order valence-corrected chi connectivity index (χ3v) is 5.12. The Labute approximate surface area is 106 Å². The Morgan fingerprint density at radius 3 is 3.24 bits per heavy atom. The lowest BCUT2D eigenvalue weighted by Crippen LogP contribution is -2.52. The molecule has 0 unspecified atom stereocenters. The van der Waals surface area contributed by atoms with Gasteiger partial charge in [0, 0.05) is 30.6 Å². The van der Waals surface area contributed by atoms with Gasteiger partial charge in [-0.25, -0.2) is 4.98 Å². The smallest absolute Gasteiger partial charge is 0.107 e. The average molecular weight is 252 g/mol. The zero-order valence-corrected chi connectivity index (χ0v) is 11.0. The van der Waals surface area contributed by atoms with E-state index < -0.39 is 0 Å². The molecule has 0 bridgehead atoms. The SMILES string of the molecule is O[C@]12CCCC[C@H]1CN(Cc1nccs1)CC2. The van der Waals surface area contributed by atoms with Crippen LogP contribution < -0.4 is 0 Å². The predicted molar refractivity (Wildman–Crippen MR) is 68.9 cm³/mol. The number of nitrogens with zero attached hydrogens (tertiary/aromatic N) is 2. The number of piperidine rings is 1. The van der Waals surface area contributed by atoms with E-state index in [4.69, 9.17) is 0 Å². The van der Waals surface area contributed by atoms with Crippen molar-refractivity contribution in [2.45, 2.75) is 44.2 Å². The van der Waals surface area contributed by atoms with Crippen LogP contribution in [0.25, 0.3) is 0 Å². The molecule has 2 atom stereocenters. The second-order valence-electron chi connectivity index (χ2n) is 5.46. The summed E-state index contributed by atoms with van der Waals surface area (Å²) in [4.78, 5) is 6.81. The number of rotatable bonds is 2. The van der Waals surface area contributed by atoms with Crippen molar-refractivity contribution in [2.24, 2.45) is 5.92 Å². The highest BCUT2D eigenvalue weighted by atomic mass is 32.1. The zero-order chi connectivity index (χ0) is 11.7. The van der Waals surface area contributed by atoms with Crippen LogP contribution in [0, 0.1) is 5.92 Å². The molecule has 17 heavy (non-hydrogen) atoms. The number of hydrogen-bond acceptors (Lipinski definition) is 4. The molecule has 0 spiro atoms. The first-order valence-electron chi connectivity index (χ1n) is 6.59. The highest BCUT2D eigenvalue weighted by Crippen LogP contribution is 2.40. The summed E-state index contributed by atoms with van der Waals surface area (Å²) in [6, 6.07) is 0. The molecule has 3 nitrogen and oxygen atoms in total. The van der Waals surface area contributed by atoms with Crippen LogP contribution in [0.2, 0.25) is 0 Å². The number of thiazole rings is 1. The first-order valence-corrected chi connectivity index (χ1v) is 7.47. The topological polar surface area (TPSA) is 36.4 Å². The second-order valence-corrected chi connectivity index (χ2v) is 6.44. The number of aliphatic hydroxyl groups is 1. The predicted octanol–water partition coefficient (Wildman–Crippen LogP) is 2.27. The van der Waals surface area contributed by atoms with Crippen LogP contribution in [-0.4, -0.2) is 33.7 Å². The average Bonchev–Trinajstić information content (AvgIpc) is 2.82. The molecular weight excluding hydrogens is 232 g/mol. The lowest BCUT2D eigenvalue weighted by Gasteiger charge is -2.47. The van der Waals surface area contributed by atoms with E-state index in [9.17, 15) is 5.11 Å². The molecular formula is C13H20N2OS. The Kier molecular flexibility index (Phi) is 3.19. The number of fused-ring (bicyclic) bond motifs is 1. The van der Waals surface area contributed by atoms with Gasteiger partial charge in [0.05, 0.1) is 12.1 Å². The maximum absolute atomic E-state index is 10.6. The second kappa shape index (κ2) is 4.67. The van der Waals surface area contributed by atoms with Gasteiger partial charge in [0.2, 0.25) is 0 Å². The number of aromatic nitrogens is 1. The summed E-state index contributed by atoms with van der Waals surface area (Å²) in [5.41, 5.74) is -0.350. The van der Waals surface area contributed by atoms with Gasteiger partial charge in [-0.15, -0.1) is 11.3 Å². The van der Waals surface area contributed by atoms with Gasteiger partial charge in [-0.05, 0) is 19.3 Å². The van der Waals surface area contributed by atoms with Crippen LogP contribution in [0.15, 0.2) is 11.6 Å². The van der Waals surface area contributed by atoms with Gasteiger partial charge in [-0.1, -0.05) is 12.8 Å². The van der Waals surface area contributed by atoms with E-state index in [2.05, 4.69) is 9.88 Å². The fraction of sp³-hybridized carbons (Fsp3) is 0.769. The summed E-state index contributed by atoms with van der Waals surface area (Å²) in [6.07, 6.45) is 7.54. The van der Waals surface area contributed by atoms with Gasteiger partial charge in [-0.3, -0.25) is 4.90 Å². The minimum atomic E-state index is -0.350. The summed E-state index contributed by atoms with van der Waals surface area (Å²) in [5, 5.41) is 13.8.